The van der Waals surface area contributed by atoms with E-state index in [0.717, 1.165) is 11.1 Å². The Balaban J connectivity index is 2.31. The molecule has 0 aliphatic heterocycles. The van der Waals surface area contributed by atoms with Crippen molar-refractivity contribution in [3.8, 4) is 11.6 Å². The van der Waals surface area contributed by atoms with E-state index in [2.05, 4.69) is 4.98 Å². The molecule has 0 radical (unpaired) electrons. The molecule has 3 nitrogen and oxygen atoms in total. The zero-order chi connectivity index (χ0) is 12.4. The van der Waals surface area contributed by atoms with E-state index < -0.39 is 0 Å². The summed E-state index contributed by atoms with van der Waals surface area (Å²) in [6.07, 6.45) is 1.67. The van der Waals surface area contributed by atoms with Gasteiger partial charge in [-0.05, 0) is 49.2 Å². The number of ether oxygens (including phenoxy) is 1. The van der Waals surface area contributed by atoms with Crippen LogP contribution in [0.1, 0.15) is 11.1 Å². The summed E-state index contributed by atoms with van der Waals surface area (Å²) >= 11 is 5.94. The number of aryl methyl sites for hydroxylation is 2. The summed E-state index contributed by atoms with van der Waals surface area (Å²) in [7, 11) is 0. The first-order valence-corrected chi connectivity index (χ1v) is 5.61. The molecular weight excluding hydrogens is 236 g/mol. The average molecular weight is 249 g/mol. The molecule has 0 atom stereocenters. The second-order valence-electron chi connectivity index (χ2n) is 3.86. The van der Waals surface area contributed by atoms with Gasteiger partial charge in [-0.2, -0.15) is 0 Å². The third kappa shape index (κ3) is 2.50. The number of halogens is 1. The van der Waals surface area contributed by atoms with Crippen LogP contribution in [0.2, 0.25) is 5.02 Å². The molecule has 1 heterocycles. The normalized spacial score (nSPS) is 10.3. The minimum absolute atomic E-state index is 0.423. The molecule has 0 bridgehead atoms. The minimum atomic E-state index is 0.423. The number of nitrogen functional groups attached to an aromatic ring is 1. The van der Waals surface area contributed by atoms with E-state index in [1.807, 2.05) is 26.0 Å². The Labute approximate surface area is 105 Å². The topological polar surface area (TPSA) is 48.1 Å². The Morgan fingerprint density at radius 2 is 1.94 bits per heavy atom. The Morgan fingerprint density at radius 1 is 1.18 bits per heavy atom. The predicted octanol–water partition coefficient (Wildman–Crippen LogP) is 3.73. The second kappa shape index (κ2) is 4.63. The summed E-state index contributed by atoms with van der Waals surface area (Å²) in [5.41, 5.74) is 8.34. The lowest BCUT2D eigenvalue weighted by Crippen LogP contribution is -1.97. The molecule has 1 aromatic carbocycles. The second-order valence-corrected chi connectivity index (χ2v) is 4.27. The van der Waals surface area contributed by atoms with Crippen LogP contribution in [0.5, 0.6) is 11.6 Å². The van der Waals surface area contributed by atoms with Crippen molar-refractivity contribution in [2.45, 2.75) is 13.8 Å². The highest BCUT2D eigenvalue weighted by Gasteiger charge is 2.06. The number of nitrogens with two attached hydrogens (primary N) is 1. The third-order valence-electron chi connectivity index (χ3n) is 2.52. The van der Waals surface area contributed by atoms with Crippen LogP contribution in [0.3, 0.4) is 0 Å². The van der Waals surface area contributed by atoms with Crippen LogP contribution in [0.4, 0.5) is 5.69 Å². The van der Waals surface area contributed by atoms with Gasteiger partial charge in [-0.3, -0.25) is 0 Å². The lowest BCUT2D eigenvalue weighted by atomic mass is 10.2. The van der Waals surface area contributed by atoms with Crippen LogP contribution in [0.15, 0.2) is 30.5 Å². The van der Waals surface area contributed by atoms with E-state index in [1.165, 1.54) is 0 Å². The summed E-state index contributed by atoms with van der Waals surface area (Å²) in [6.45, 7) is 3.83. The Morgan fingerprint density at radius 3 is 2.65 bits per heavy atom. The molecule has 0 aliphatic carbocycles. The van der Waals surface area contributed by atoms with Gasteiger partial charge in [0.2, 0.25) is 5.88 Å². The van der Waals surface area contributed by atoms with Gasteiger partial charge in [-0.15, -0.1) is 0 Å². The zero-order valence-corrected chi connectivity index (χ0v) is 10.5. The monoisotopic (exact) mass is 248 g/mol. The van der Waals surface area contributed by atoms with E-state index in [-0.39, 0.29) is 0 Å². The standard InChI is InChI=1S/C13H13ClN2O/c1-8-5-6-16-13(12(8)15)17-10-3-4-11(14)9(2)7-10/h3-7H,15H2,1-2H3. The van der Waals surface area contributed by atoms with Crippen molar-refractivity contribution in [2.75, 3.05) is 5.73 Å². The number of hydrogen-bond donors (Lipinski definition) is 1. The highest BCUT2D eigenvalue weighted by atomic mass is 35.5. The molecule has 0 saturated heterocycles. The van der Waals surface area contributed by atoms with Crippen LogP contribution in [0, 0.1) is 13.8 Å². The molecule has 4 heteroatoms. The number of benzene rings is 1. The predicted molar refractivity (Wildman–Crippen MR) is 69.6 cm³/mol. The quantitative estimate of drug-likeness (QED) is 0.881. The van der Waals surface area contributed by atoms with Crippen molar-refractivity contribution >= 4 is 17.3 Å². The number of aromatic nitrogens is 1. The van der Waals surface area contributed by atoms with Gasteiger partial charge in [0.05, 0.1) is 5.69 Å². The van der Waals surface area contributed by atoms with Crippen molar-refractivity contribution in [1.82, 2.24) is 4.98 Å². The summed E-state index contributed by atoms with van der Waals surface area (Å²) in [5.74, 6) is 1.10. The minimum Gasteiger partial charge on any atom is -0.437 e. The van der Waals surface area contributed by atoms with Crippen LogP contribution >= 0.6 is 11.6 Å². The number of nitrogens with zero attached hydrogens (tertiary/aromatic N) is 1. The fourth-order valence-electron chi connectivity index (χ4n) is 1.42. The summed E-state index contributed by atoms with van der Waals surface area (Å²) in [5, 5.41) is 0.711. The maximum absolute atomic E-state index is 5.94. The van der Waals surface area contributed by atoms with Gasteiger partial charge in [-0.25, -0.2) is 4.98 Å². The maximum Gasteiger partial charge on any atom is 0.242 e. The van der Waals surface area contributed by atoms with Crippen LogP contribution in [-0.2, 0) is 0 Å². The fourth-order valence-corrected chi connectivity index (χ4v) is 1.54. The Bertz CT molecular complexity index is 555. The van der Waals surface area contributed by atoms with E-state index >= 15 is 0 Å². The number of pyridine rings is 1. The lowest BCUT2D eigenvalue weighted by Gasteiger charge is -2.09. The maximum atomic E-state index is 5.94. The zero-order valence-electron chi connectivity index (χ0n) is 9.70. The molecule has 88 valence electrons. The lowest BCUT2D eigenvalue weighted by molar-refractivity contribution is 0.465. The highest BCUT2D eigenvalue weighted by molar-refractivity contribution is 6.31. The number of hydrogen-bond acceptors (Lipinski definition) is 3. The smallest absolute Gasteiger partial charge is 0.242 e. The molecule has 2 aromatic rings. The molecule has 0 saturated carbocycles. The van der Waals surface area contributed by atoms with Crippen molar-refractivity contribution in [3.05, 3.63) is 46.6 Å². The van der Waals surface area contributed by atoms with Crippen molar-refractivity contribution in [2.24, 2.45) is 0 Å². The molecule has 17 heavy (non-hydrogen) atoms. The van der Waals surface area contributed by atoms with Gasteiger partial charge in [-0.1, -0.05) is 11.6 Å². The largest absolute Gasteiger partial charge is 0.437 e. The molecule has 1 aromatic heterocycles. The van der Waals surface area contributed by atoms with Gasteiger partial charge in [0.15, 0.2) is 0 Å². The Hall–Kier alpha value is -1.74. The van der Waals surface area contributed by atoms with Crippen molar-refractivity contribution in [1.29, 1.82) is 0 Å². The van der Waals surface area contributed by atoms with Crippen LogP contribution in [-0.4, -0.2) is 4.98 Å². The first-order chi connectivity index (χ1) is 8.08. The summed E-state index contributed by atoms with van der Waals surface area (Å²) in [4.78, 5) is 4.11. The van der Waals surface area contributed by atoms with E-state index in [1.54, 1.807) is 18.3 Å². The molecule has 2 N–H and O–H groups in total. The fraction of sp³-hybridized carbons (Fsp3) is 0.154. The van der Waals surface area contributed by atoms with E-state index in [0.29, 0.717) is 22.3 Å². The van der Waals surface area contributed by atoms with Gasteiger partial charge in [0.1, 0.15) is 5.75 Å². The van der Waals surface area contributed by atoms with Gasteiger partial charge < -0.3 is 10.5 Å². The average Bonchev–Trinajstić information content (AvgIpc) is 2.30. The molecule has 2 rings (SSSR count). The highest BCUT2D eigenvalue weighted by Crippen LogP contribution is 2.29. The van der Waals surface area contributed by atoms with Crippen LogP contribution < -0.4 is 10.5 Å². The molecule has 0 aliphatic rings. The van der Waals surface area contributed by atoms with E-state index in [4.69, 9.17) is 22.1 Å². The molecular formula is C13H13ClN2O. The first-order valence-electron chi connectivity index (χ1n) is 5.23. The van der Waals surface area contributed by atoms with Crippen molar-refractivity contribution in [3.63, 3.8) is 0 Å². The molecule has 0 fully saturated rings. The van der Waals surface area contributed by atoms with Crippen molar-refractivity contribution < 1.29 is 4.74 Å². The van der Waals surface area contributed by atoms with Crippen LogP contribution in [0.25, 0.3) is 0 Å². The van der Waals surface area contributed by atoms with Gasteiger partial charge in [0.25, 0.3) is 0 Å². The van der Waals surface area contributed by atoms with Gasteiger partial charge in [0, 0.05) is 11.2 Å². The van der Waals surface area contributed by atoms with Gasteiger partial charge >= 0.3 is 0 Å². The molecule has 0 spiro atoms. The summed E-state index contributed by atoms with van der Waals surface area (Å²) < 4.78 is 5.63. The molecule has 0 unspecified atom stereocenters. The number of rotatable bonds is 2. The SMILES string of the molecule is Cc1cc(Oc2nccc(C)c2N)ccc1Cl. The summed E-state index contributed by atoms with van der Waals surface area (Å²) in [6, 6.07) is 7.28. The first kappa shape index (κ1) is 11.7. The van der Waals surface area contributed by atoms with E-state index in [9.17, 15) is 0 Å². The Kier molecular flexibility index (Phi) is 3.20. The molecule has 0 amide bonds. The number of anilines is 1. The third-order valence-corrected chi connectivity index (χ3v) is 2.94.